The molecule has 0 saturated carbocycles. The fourth-order valence-electron chi connectivity index (χ4n) is 6.28. The number of nitrogens with zero attached hydrogens (tertiary/aromatic N) is 2. The van der Waals surface area contributed by atoms with Gasteiger partial charge in [-0.2, -0.15) is 11.3 Å². The number of para-hydroxylation sites is 2. The minimum absolute atomic E-state index is 0.00735. The van der Waals surface area contributed by atoms with Crippen molar-refractivity contribution in [3.8, 4) is 0 Å². The summed E-state index contributed by atoms with van der Waals surface area (Å²) in [5.74, 6) is -1.61. The van der Waals surface area contributed by atoms with Gasteiger partial charge in [0.1, 0.15) is 17.6 Å². The van der Waals surface area contributed by atoms with Crippen LogP contribution in [0.5, 0.6) is 0 Å². The van der Waals surface area contributed by atoms with Gasteiger partial charge in [-0.25, -0.2) is 4.79 Å². The Morgan fingerprint density at radius 3 is 2.64 bits per heavy atom. The molecule has 5 N–H and O–H groups in total. The van der Waals surface area contributed by atoms with Gasteiger partial charge in [0.15, 0.2) is 0 Å². The third-order valence-corrected chi connectivity index (χ3v) is 9.40. The molecule has 2 atom stereocenters. The molecule has 4 aromatic rings. The van der Waals surface area contributed by atoms with Gasteiger partial charge >= 0.3 is 6.09 Å². The number of carboxylic acid groups (broad SMARTS) is 1. The van der Waals surface area contributed by atoms with Gasteiger partial charge in [-0.1, -0.05) is 30.3 Å². The molecule has 2 aliphatic rings. The zero-order valence-corrected chi connectivity index (χ0v) is 26.9. The van der Waals surface area contributed by atoms with Crippen LogP contribution in [0.25, 0.3) is 10.9 Å². The molecular formula is C34H36N6O6S. The summed E-state index contributed by atoms with van der Waals surface area (Å²) >= 11 is 1.51. The number of amides is 5. The van der Waals surface area contributed by atoms with Crippen LogP contribution in [0.2, 0.25) is 0 Å². The lowest BCUT2D eigenvalue weighted by Crippen LogP contribution is -2.61. The largest absolute Gasteiger partial charge is 0.465 e. The summed E-state index contributed by atoms with van der Waals surface area (Å²) in [5.41, 5.74) is 3.16. The van der Waals surface area contributed by atoms with Crippen molar-refractivity contribution >= 4 is 63.3 Å². The second-order valence-corrected chi connectivity index (χ2v) is 13.2. The monoisotopic (exact) mass is 656 g/mol. The number of hydrogen-bond donors (Lipinski definition) is 5. The van der Waals surface area contributed by atoms with Gasteiger partial charge in [0.05, 0.1) is 17.9 Å². The first-order valence-electron chi connectivity index (χ1n) is 15.4. The SMILES string of the molecule is CC(C)(NC(=O)O)C(=O)N[C@H](Cc1c[nH]c2ccccc12)C(=O)NC1Cc2cccc(N3CCCC3=O)c2N(Cc2ccsc2)C1=O. The zero-order chi connectivity index (χ0) is 33.3. The molecule has 1 fully saturated rings. The van der Waals surface area contributed by atoms with Gasteiger partial charge in [-0.05, 0) is 65.9 Å². The molecule has 1 saturated heterocycles. The Hall–Kier alpha value is -5.17. The molecular weight excluding hydrogens is 620 g/mol. The quantitative estimate of drug-likeness (QED) is 0.175. The fourth-order valence-corrected chi connectivity index (χ4v) is 6.94. The van der Waals surface area contributed by atoms with Crippen molar-refractivity contribution in [2.24, 2.45) is 0 Å². The molecule has 4 heterocycles. The number of carbonyl (C=O) groups excluding carboxylic acids is 4. The van der Waals surface area contributed by atoms with Crippen LogP contribution in [-0.4, -0.2) is 64.0 Å². The number of H-pyrrole nitrogens is 1. The van der Waals surface area contributed by atoms with Crippen molar-refractivity contribution in [2.45, 2.75) is 63.7 Å². The number of rotatable bonds is 10. The minimum atomic E-state index is -1.54. The van der Waals surface area contributed by atoms with Crippen LogP contribution in [0.3, 0.4) is 0 Å². The van der Waals surface area contributed by atoms with E-state index < -0.39 is 35.5 Å². The molecule has 0 spiro atoms. The summed E-state index contributed by atoms with van der Waals surface area (Å²) in [4.78, 5) is 72.3. The number of nitrogens with one attached hydrogen (secondary N) is 4. The molecule has 0 aliphatic carbocycles. The minimum Gasteiger partial charge on any atom is -0.465 e. The van der Waals surface area contributed by atoms with Gasteiger partial charge in [-0.3, -0.25) is 19.2 Å². The summed E-state index contributed by atoms with van der Waals surface area (Å²) in [6.45, 7) is 3.64. The molecule has 2 aromatic carbocycles. The Kier molecular flexibility index (Phi) is 8.74. The third-order valence-electron chi connectivity index (χ3n) is 8.67. The predicted octanol–water partition coefficient (Wildman–Crippen LogP) is 3.70. The lowest BCUT2D eigenvalue weighted by atomic mass is 9.94. The fraction of sp³-hybridized carbons (Fsp3) is 0.324. The Morgan fingerprint density at radius 1 is 1.11 bits per heavy atom. The summed E-state index contributed by atoms with van der Waals surface area (Å²) in [7, 11) is 0. The number of aromatic amines is 1. The number of thiophene rings is 1. The molecule has 2 aliphatic heterocycles. The van der Waals surface area contributed by atoms with E-state index in [0.717, 1.165) is 34.0 Å². The van der Waals surface area contributed by atoms with Crippen molar-refractivity contribution in [1.82, 2.24) is 20.9 Å². The maximum atomic E-state index is 14.3. The number of aromatic nitrogens is 1. The smallest absolute Gasteiger partial charge is 0.405 e. The van der Waals surface area contributed by atoms with Crippen molar-refractivity contribution in [1.29, 1.82) is 0 Å². The van der Waals surface area contributed by atoms with Crippen molar-refractivity contribution in [2.75, 3.05) is 16.3 Å². The normalized spacial score (nSPS) is 17.0. The number of anilines is 2. The number of carbonyl (C=O) groups is 5. The zero-order valence-electron chi connectivity index (χ0n) is 26.0. The maximum Gasteiger partial charge on any atom is 0.405 e. The van der Waals surface area contributed by atoms with Gasteiger partial charge in [-0.15, -0.1) is 0 Å². The Bertz CT molecular complexity index is 1850. The summed E-state index contributed by atoms with van der Waals surface area (Å²) in [5, 5.41) is 21.9. The maximum absolute atomic E-state index is 14.3. The van der Waals surface area contributed by atoms with E-state index in [1.807, 2.05) is 59.3 Å². The Labute approximate surface area is 275 Å². The number of fused-ring (bicyclic) bond motifs is 2. The van der Waals surface area contributed by atoms with Gasteiger partial charge < -0.3 is 35.8 Å². The highest BCUT2D eigenvalue weighted by Gasteiger charge is 2.40. The second kappa shape index (κ2) is 12.9. The lowest BCUT2D eigenvalue weighted by Gasteiger charge is -2.37. The molecule has 244 valence electrons. The predicted molar refractivity (Wildman–Crippen MR) is 178 cm³/mol. The van der Waals surface area contributed by atoms with E-state index in [9.17, 15) is 29.1 Å². The molecule has 1 unspecified atom stereocenters. The van der Waals surface area contributed by atoms with Crippen LogP contribution in [0.1, 0.15) is 43.4 Å². The number of hydrogen-bond acceptors (Lipinski definition) is 6. The van der Waals surface area contributed by atoms with Gasteiger partial charge in [0.2, 0.25) is 23.6 Å². The van der Waals surface area contributed by atoms with Crippen molar-refractivity contribution in [3.63, 3.8) is 0 Å². The van der Waals surface area contributed by atoms with Crippen LogP contribution < -0.4 is 25.8 Å². The average Bonchev–Trinajstić information content (AvgIpc) is 3.80. The first-order chi connectivity index (χ1) is 22.5. The van der Waals surface area contributed by atoms with Crippen LogP contribution in [0.15, 0.2) is 65.5 Å². The highest BCUT2D eigenvalue weighted by atomic mass is 32.1. The van der Waals surface area contributed by atoms with E-state index in [4.69, 9.17) is 0 Å². The van der Waals surface area contributed by atoms with Gasteiger partial charge in [0, 0.05) is 42.9 Å². The molecule has 12 nitrogen and oxygen atoms in total. The summed E-state index contributed by atoms with van der Waals surface area (Å²) in [6.07, 6.45) is 1.85. The van der Waals surface area contributed by atoms with Crippen LogP contribution in [-0.2, 0) is 38.6 Å². The summed E-state index contributed by atoms with van der Waals surface area (Å²) in [6, 6.07) is 13.0. The van der Waals surface area contributed by atoms with Crippen LogP contribution in [0.4, 0.5) is 16.2 Å². The van der Waals surface area contributed by atoms with Crippen LogP contribution in [0, 0.1) is 0 Å². The van der Waals surface area contributed by atoms with E-state index in [1.165, 1.54) is 25.2 Å². The highest BCUT2D eigenvalue weighted by molar-refractivity contribution is 7.07. The van der Waals surface area contributed by atoms with E-state index >= 15 is 0 Å². The molecule has 2 aromatic heterocycles. The standard InChI is InChI=1S/C34H36N6O6S/c1-34(2,38-33(45)46)32(44)37-25(16-22-17-35-24-9-4-3-8-23(22)24)30(42)36-26-15-21-7-5-10-27(39-13-6-11-28(39)41)29(21)40(31(26)43)18-20-12-14-47-19-20/h3-5,7-10,12,14,17,19,25-26,35,38H,6,11,13,15-16,18H2,1-2H3,(H,36,42)(H,37,44)(H,45,46)/t25-,26?/m1/s1. The average molecular weight is 657 g/mol. The molecule has 47 heavy (non-hydrogen) atoms. The van der Waals surface area contributed by atoms with E-state index in [-0.39, 0.29) is 31.2 Å². The highest BCUT2D eigenvalue weighted by Crippen LogP contribution is 2.40. The van der Waals surface area contributed by atoms with Gasteiger partial charge in [0.25, 0.3) is 0 Å². The second-order valence-electron chi connectivity index (χ2n) is 12.4. The van der Waals surface area contributed by atoms with E-state index in [0.29, 0.717) is 24.3 Å². The van der Waals surface area contributed by atoms with E-state index in [1.54, 1.807) is 16.0 Å². The molecule has 5 amide bonds. The Morgan fingerprint density at radius 2 is 1.91 bits per heavy atom. The first kappa shape index (κ1) is 31.8. The molecule has 13 heteroatoms. The third kappa shape index (κ3) is 6.57. The van der Waals surface area contributed by atoms with Crippen LogP contribution >= 0.6 is 11.3 Å². The Balaban J connectivity index is 1.31. The first-order valence-corrected chi connectivity index (χ1v) is 16.4. The van der Waals surface area contributed by atoms with Crippen molar-refractivity contribution < 1.29 is 29.1 Å². The van der Waals surface area contributed by atoms with E-state index in [2.05, 4.69) is 20.9 Å². The topological polar surface area (TPSA) is 164 Å². The lowest BCUT2D eigenvalue weighted by molar-refractivity contribution is -0.133. The molecule has 0 radical (unpaired) electrons. The molecule has 6 rings (SSSR count). The summed E-state index contributed by atoms with van der Waals surface area (Å²) < 4.78 is 0. The van der Waals surface area contributed by atoms with Crippen molar-refractivity contribution in [3.05, 3.63) is 82.2 Å². The molecule has 0 bridgehead atoms. The number of benzene rings is 2.